The number of phenolic OH excluding ortho intramolecular Hbond substituents is 1. The van der Waals surface area contributed by atoms with Crippen molar-refractivity contribution in [2.75, 3.05) is 0 Å². The largest absolute Gasteiger partial charge is 0.508 e. The fraction of sp³-hybridized carbons (Fsp3) is 0.455. The highest BCUT2D eigenvalue weighted by atomic mass is 16.3. The van der Waals surface area contributed by atoms with Crippen molar-refractivity contribution >= 4 is 0 Å². The highest BCUT2D eigenvalue weighted by molar-refractivity contribution is 5.43. The Labute approximate surface area is 74.1 Å². The number of phenols is 1. The molecule has 0 radical (unpaired) electrons. The van der Waals surface area contributed by atoms with Crippen LogP contribution in [0.2, 0.25) is 0 Å². The molecule has 66 valence electrons. The van der Waals surface area contributed by atoms with Crippen LogP contribution in [0.3, 0.4) is 0 Å². The van der Waals surface area contributed by atoms with Crippen molar-refractivity contribution in [1.29, 1.82) is 0 Å². The lowest BCUT2D eigenvalue weighted by Gasteiger charge is -2.12. The molecule has 1 heteroatoms. The summed E-state index contributed by atoms with van der Waals surface area (Å²) in [7, 11) is 0. The van der Waals surface area contributed by atoms with Crippen molar-refractivity contribution in [3.8, 4) is 5.75 Å². The normalized spacial score (nSPS) is 10.8. The molecule has 0 saturated heterocycles. The van der Waals surface area contributed by atoms with Crippen molar-refractivity contribution in [3.63, 3.8) is 0 Å². The third kappa shape index (κ3) is 1.45. The van der Waals surface area contributed by atoms with Gasteiger partial charge in [-0.3, -0.25) is 0 Å². The first kappa shape index (κ1) is 9.11. The standard InChI is InChI=1S/C11H16O/c1-7(2)10-5-6-11(12)9(4)8(10)3/h5-7,12H,1-4H3. The van der Waals surface area contributed by atoms with E-state index in [0.29, 0.717) is 11.7 Å². The van der Waals surface area contributed by atoms with E-state index in [0.717, 1.165) is 5.56 Å². The van der Waals surface area contributed by atoms with Gasteiger partial charge >= 0.3 is 0 Å². The Bertz CT molecular complexity index is 287. The van der Waals surface area contributed by atoms with Gasteiger partial charge in [-0.1, -0.05) is 19.9 Å². The van der Waals surface area contributed by atoms with Crippen LogP contribution >= 0.6 is 0 Å². The van der Waals surface area contributed by atoms with Crippen LogP contribution in [-0.4, -0.2) is 5.11 Å². The average molecular weight is 164 g/mol. The van der Waals surface area contributed by atoms with Crippen LogP contribution in [0.5, 0.6) is 5.75 Å². The predicted octanol–water partition coefficient (Wildman–Crippen LogP) is 3.13. The quantitative estimate of drug-likeness (QED) is 0.676. The fourth-order valence-electron chi connectivity index (χ4n) is 1.45. The predicted molar refractivity (Wildman–Crippen MR) is 51.7 cm³/mol. The molecule has 0 aliphatic rings. The highest BCUT2D eigenvalue weighted by Gasteiger charge is 2.07. The second-order valence-electron chi connectivity index (χ2n) is 3.58. The van der Waals surface area contributed by atoms with Crippen molar-refractivity contribution in [2.45, 2.75) is 33.6 Å². The first-order valence-electron chi connectivity index (χ1n) is 4.33. The van der Waals surface area contributed by atoms with E-state index in [-0.39, 0.29) is 0 Å². The molecule has 0 aliphatic carbocycles. The van der Waals surface area contributed by atoms with E-state index in [1.54, 1.807) is 6.07 Å². The van der Waals surface area contributed by atoms with Crippen LogP contribution in [-0.2, 0) is 0 Å². The maximum absolute atomic E-state index is 9.41. The van der Waals surface area contributed by atoms with Crippen LogP contribution in [0.1, 0.15) is 36.5 Å². The Morgan fingerprint density at radius 2 is 1.67 bits per heavy atom. The molecule has 0 bridgehead atoms. The number of benzene rings is 1. The molecule has 1 nitrogen and oxygen atoms in total. The van der Waals surface area contributed by atoms with E-state index in [9.17, 15) is 5.11 Å². The molecule has 1 aromatic carbocycles. The molecule has 0 spiro atoms. The first-order valence-corrected chi connectivity index (χ1v) is 4.33. The summed E-state index contributed by atoms with van der Waals surface area (Å²) >= 11 is 0. The van der Waals surface area contributed by atoms with Crippen molar-refractivity contribution in [2.24, 2.45) is 0 Å². The van der Waals surface area contributed by atoms with Gasteiger partial charge < -0.3 is 5.11 Å². The lowest BCUT2D eigenvalue weighted by atomic mass is 9.94. The first-order chi connectivity index (χ1) is 5.54. The molecule has 0 heterocycles. The van der Waals surface area contributed by atoms with Gasteiger partial charge in [0.15, 0.2) is 0 Å². The summed E-state index contributed by atoms with van der Waals surface area (Å²) < 4.78 is 0. The molecule has 0 fully saturated rings. The maximum Gasteiger partial charge on any atom is 0.118 e. The zero-order valence-electron chi connectivity index (χ0n) is 8.18. The molecular weight excluding hydrogens is 148 g/mol. The average Bonchev–Trinajstić information content (AvgIpc) is 2.00. The van der Waals surface area contributed by atoms with Gasteiger partial charge in [0.1, 0.15) is 5.75 Å². The summed E-state index contributed by atoms with van der Waals surface area (Å²) in [6.07, 6.45) is 0. The Morgan fingerprint density at radius 1 is 1.08 bits per heavy atom. The Hall–Kier alpha value is -0.980. The van der Waals surface area contributed by atoms with Gasteiger partial charge in [0.05, 0.1) is 0 Å². The topological polar surface area (TPSA) is 20.2 Å². The van der Waals surface area contributed by atoms with E-state index in [2.05, 4.69) is 20.8 Å². The lowest BCUT2D eigenvalue weighted by Crippen LogP contribution is -1.94. The van der Waals surface area contributed by atoms with Crippen LogP contribution in [0.25, 0.3) is 0 Å². The smallest absolute Gasteiger partial charge is 0.118 e. The SMILES string of the molecule is Cc1c(O)ccc(C(C)C)c1C. The number of hydrogen-bond donors (Lipinski definition) is 1. The summed E-state index contributed by atoms with van der Waals surface area (Å²) in [5.74, 6) is 0.932. The fourth-order valence-corrected chi connectivity index (χ4v) is 1.45. The van der Waals surface area contributed by atoms with E-state index in [1.165, 1.54) is 11.1 Å². The summed E-state index contributed by atoms with van der Waals surface area (Å²) in [4.78, 5) is 0. The van der Waals surface area contributed by atoms with Crippen LogP contribution in [0.4, 0.5) is 0 Å². The molecule has 0 atom stereocenters. The zero-order valence-corrected chi connectivity index (χ0v) is 8.18. The van der Waals surface area contributed by atoms with Crippen LogP contribution < -0.4 is 0 Å². The molecule has 12 heavy (non-hydrogen) atoms. The molecule has 0 saturated carbocycles. The molecular formula is C11H16O. The summed E-state index contributed by atoms with van der Waals surface area (Å²) in [5.41, 5.74) is 3.54. The minimum Gasteiger partial charge on any atom is -0.508 e. The van der Waals surface area contributed by atoms with Gasteiger partial charge in [-0.25, -0.2) is 0 Å². The summed E-state index contributed by atoms with van der Waals surface area (Å²) in [6, 6.07) is 3.78. The second-order valence-corrected chi connectivity index (χ2v) is 3.58. The summed E-state index contributed by atoms with van der Waals surface area (Å²) in [5, 5.41) is 9.41. The molecule has 1 N–H and O–H groups in total. The Balaban J connectivity index is 3.27. The van der Waals surface area contributed by atoms with Gasteiger partial charge in [0.25, 0.3) is 0 Å². The minimum atomic E-state index is 0.400. The Kier molecular flexibility index (Phi) is 2.41. The number of hydrogen-bond acceptors (Lipinski definition) is 1. The van der Waals surface area contributed by atoms with Gasteiger partial charge in [-0.05, 0) is 42.5 Å². The highest BCUT2D eigenvalue weighted by Crippen LogP contribution is 2.27. The van der Waals surface area contributed by atoms with Gasteiger partial charge in [0.2, 0.25) is 0 Å². The number of aromatic hydroxyl groups is 1. The molecule has 0 unspecified atom stereocenters. The monoisotopic (exact) mass is 164 g/mol. The van der Waals surface area contributed by atoms with Gasteiger partial charge in [-0.2, -0.15) is 0 Å². The number of rotatable bonds is 1. The van der Waals surface area contributed by atoms with Crippen LogP contribution in [0.15, 0.2) is 12.1 Å². The van der Waals surface area contributed by atoms with Crippen molar-refractivity contribution < 1.29 is 5.11 Å². The third-order valence-corrected chi connectivity index (χ3v) is 2.42. The van der Waals surface area contributed by atoms with E-state index in [4.69, 9.17) is 0 Å². The third-order valence-electron chi connectivity index (χ3n) is 2.42. The van der Waals surface area contributed by atoms with E-state index < -0.39 is 0 Å². The Morgan fingerprint density at radius 3 is 2.17 bits per heavy atom. The molecule has 0 aliphatic heterocycles. The van der Waals surface area contributed by atoms with Gasteiger partial charge in [-0.15, -0.1) is 0 Å². The maximum atomic E-state index is 9.41. The van der Waals surface area contributed by atoms with E-state index >= 15 is 0 Å². The second kappa shape index (κ2) is 3.18. The van der Waals surface area contributed by atoms with E-state index in [1.807, 2.05) is 13.0 Å². The molecule has 1 aromatic rings. The van der Waals surface area contributed by atoms with Crippen molar-refractivity contribution in [3.05, 3.63) is 28.8 Å². The van der Waals surface area contributed by atoms with Crippen LogP contribution in [0, 0.1) is 13.8 Å². The molecule has 0 amide bonds. The molecule has 1 rings (SSSR count). The minimum absolute atomic E-state index is 0.400. The summed E-state index contributed by atoms with van der Waals surface area (Å²) in [6.45, 7) is 8.35. The molecule has 0 aromatic heterocycles. The van der Waals surface area contributed by atoms with Gasteiger partial charge in [0, 0.05) is 0 Å². The van der Waals surface area contributed by atoms with Crippen molar-refractivity contribution in [1.82, 2.24) is 0 Å². The lowest BCUT2D eigenvalue weighted by molar-refractivity contribution is 0.470. The zero-order chi connectivity index (χ0) is 9.30.